The number of anilines is 2. The lowest BCUT2D eigenvalue weighted by Gasteiger charge is -2.23. The molecule has 3 aromatic carbocycles. The van der Waals surface area contributed by atoms with Crippen molar-refractivity contribution in [1.29, 1.82) is 0 Å². The van der Waals surface area contributed by atoms with E-state index in [2.05, 4.69) is 15.7 Å². The number of nitrogens with zero attached hydrogens (tertiary/aromatic N) is 2. The smallest absolute Gasteiger partial charge is 0.271 e. The Bertz CT molecular complexity index is 1210. The zero-order chi connectivity index (χ0) is 23.2. The Kier molecular flexibility index (Phi) is 6.54. The molecule has 1 aliphatic rings. The van der Waals surface area contributed by atoms with Crippen molar-refractivity contribution >= 4 is 34.8 Å². The zero-order valence-corrected chi connectivity index (χ0v) is 17.6. The number of halogens is 1. The van der Waals surface area contributed by atoms with Crippen molar-refractivity contribution in [1.82, 2.24) is 5.01 Å². The zero-order valence-electron chi connectivity index (χ0n) is 17.6. The third kappa shape index (κ3) is 5.48. The van der Waals surface area contributed by atoms with Gasteiger partial charge in [-0.05, 0) is 42.0 Å². The van der Waals surface area contributed by atoms with Gasteiger partial charge < -0.3 is 10.6 Å². The molecule has 0 unspecified atom stereocenters. The van der Waals surface area contributed by atoms with E-state index < -0.39 is 5.91 Å². The lowest BCUT2D eigenvalue weighted by atomic mass is 10.1. The van der Waals surface area contributed by atoms with Crippen molar-refractivity contribution in [2.24, 2.45) is 5.10 Å². The number of hydrogen-bond acceptors (Lipinski definition) is 4. The first-order valence-electron chi connectivity index (χ1n) is 10.4. The summed E-state index contributed by atoms with van der Waals surface area (Å²) < 4.78 is 13.1. The fraction of sp³-hybridized carbons (Fsp3) is 0.120. The molecular formula is C25H21FN4O3. The van der Waals surface area contributed by atoms with Crippen LogP contribution in [0.5, 0.6) is 0 Å². The molecule has 0 spiro atoms. The van der Waals surface area contributed by atoms with Crippen LogP contribution in [-0.2, 0) is 16.1 Å². The number of carbonyl (C=O) groups is 3. The highest BCUT2D eigenvalue weighted by atomic mass is 19.1. The molecular weight excluding hydrogens is 423 g/mol. The van der Waals surface area contributed by atoms with Crippen LogP contribution in [-0.4, -0.2) is 28.4 Å². The number of hydrogen-bond donors (Lipinski definition) is 2. The Balaban J connectivity index is 1.48. The van der Waals surface area contributed by atoms with Gasteiger partial charge >= 0.3 is 0 Å². The second kappa shape index (κ2) is 9.86. The molecule has 0 atom stereocenters. The first-order chi connectivity index (χ1) is 16.0. The van der Waals surface area contributed by atoms with Crippen LogP contribution >= 0.6 is 0 Å². The van der Waals surface area contributed by atoms with E-state index in [-0.39, 0.29) is 42.7 Å². The summed E-state index contributed by atoms with van der Waals surface area (Å²) >= 11 is 0. The molecule has 1 heterocycles. The minimum absolute atomic E-state index is 0.139. The molecule has 3 aromatic rings. The number of para-hydroxylation sites is 2. The molecule has 0 bridgehead atoms. The van der Waals surface area contributed by atoms with E-state index in [1.54, 1.807) is 60.7 Å². The molecule has 4 rings (SSSR count). The van der Waals surface area contributed by atoms with Gasteiger partial charge in [0.05, 0.1) is 17.9 Å². The maximum Gasteiger partial charge on any atom is 0.271 e. The molecule has 0 aliphatic carbocycles. The monoisotopic (exact) mass is 444 g/mol. The largest absolute Gasteiger partial charge is 0.320 e. The Labute approximate surface area is 189 Å². The molecule has 3 amide bonds. The Morgan fingerprint density at radius 1 is 0.818 bits per heavy atom. The number of benzene rings is 3. The van der Waals surface area contributed by atoms with Crippen LogP contribution in [0.1, 0.15) is 28.8 Å². The van der Waals surface area contributed by atoms with Gasteiger partial charge in [0.1, 0.15) is 11.5 Å². The first kappa shape index (κ1) is 21.9. The van der Waals surface area contributed by atoms with Crippen molar-refractivity contribution in [3.8, 4) is 0 Å². The minimum atomic E-state index is -0.465. The summed E-state index contributed by atoms with van der Waals surface area (Å²) in [7, 11) is 0. The maximum absolute atomic E-state index is 13.1. The highest BCUT2D eigenvalue weighted by Gasteiger charge is 2.25. The van der Waals surface area contributed by atoms with Crippen molar-refractivity contribution in [2.75, 3.05) is 10.6 Å². The number of carbonyl (C=O) groups excluding carboxylic acids is 3. The van der Waals surface area contributed by atoms with Crippen LogP contribution in [0.25, 0.3) is 0 Å². The molecule has 0 saturated heterocycles. The highest BCUT2D eigenvalue weighted by Crippen LogP contribution is 2.23. The van der Waals surface area contributed by atoms with E-state index in [1.807, 2.05) is 6.07 Å². The average molecular weight is 444 g/mol. The molecule has 166 valence electrons. The van der Waals surface area contributed by atoms with Gasteiger partial charge in [0.15, 0.2) is 0 Å². The van der Waals surface area contributed by atoms with E-state index in [1.165, 1.54) is 17.1 Å². The van der Waals surface area contributed by atoms with Crippen LogP contribution in [0.4, 0.5) is 15.8 Å². The van der Waals surface area contributed by atoms with Crippen LogP contribution in [0, 0.1) is 5.82 Å². The van der Waals surface area contributed by atoms with E-state index in [4.69, 9.17) is 0 Å². The summed E-state index contributed by atoms with van der Waals surface area (Å²) in [5.41, 5.74) is 2.24. The van der Waals surface area contributed by atoms with Crippen molar-refractivity contribution in [3.63, 3.8) is 0 Å². The number of rotatable bonds is 6. The number of nitrogens with one attached hydrogen (secondary N) is 2. The van der Waals surface area contributed by atoms with Crippen LogP contribution in [0.3, 0.4) is 0 Å². The summed E-state index contributed by atoms with van der Waals surface area (Å²) in [5, 5.41) is 11.0. The minimum Gasteiger partial charge on any atom is -0.320 e. The van der Waals surface area contributed by atoms with Crippen LogP contribution < -0.4 is 10.6 Å². The normalized spacial score (nSPS) is 13.3. The topological polar surface area (TPSA) is 90.9 Å². The molecule has 0 radical (unpaired) electrons. The lowest BCUT2D eigenvalue weighted by Crippen LogP contribution is -2.36. The van der Waals surface area contributed by atoms with Gasteiger partial charge in [-0.3, -0.25) is 14.4 Å². The molecule has 0 saturated carbocycles. The molecule has 2 N–H and O–H groups in total. The van der Waals surface area contributed by atoms with E-state index in [0.717, 1.165) is 0 Å². The third-order valence-electron chi connectivity index (χ3n) is 5.07. The van der Waals surface area contributed by atoms with Gasteiger partial charge in [0.2, 0.25) is 5.91 Å². The second-order valence-electron chi connectivity index (χ2n) is 7.44. The molecule has 8 heteroatoms. The molecule has 0 fully saturated rings. The maximum atomic E-state index is 13.1. The van der Waals surface area contributed by atoms with Crippen molar-refractivity contribution in [3.05, 3.63) is 95.8 Å². The first-order valence-corrected chi connectivity index (χ1v) is 10.4. The van der Waals surface area contributed by atoms with Crippen molar-refractivity contribution in [2.45, 2.75) is 19.4 Å². The summed E-state index contributed by atoms with van der Waals surface area (Å²) in [4.78, 5) is 37.7. The summed E-state index contributed by atoms with van der Waals surface area (Å²) in [6.07, 6.45) is 0.336. The summed E-state index contributed by atoms with van der Waals surface area (Å²) in [6.45, 7) is 0.139. The Morgan fingerprint density at radius 2 is 1.42 bits per heavy atom. The summed E-state index contributed by atoms with van der Waals surface area (Å²) in [6, 6.07) is 21.3. The predicted octanol–water partition coefficient (Wildman–Crippen LogP) is 4.20. The van der Waals surface area contributed by atoms with Gasteiger partial charge in [-0.2, -0.15) is 5.10 Å². The second-order valence-corrected chi connectivity index (χ2v) is 7.44. The van der Waals surface area contributed by atoms with Crippen molar-refractivity contribution < 1.29 is 18.8 Å². The van der Waals surface area contributed by atoms with Gasteiger partial charge in [-0.1, -0.05) is 42.5 Å². The highest BCUT2D eigenvalue weighted by molar-refractivity contribution is 6.43. The lowest BCUT2D eigenvalue weighted by molar-refractivity contribution is -0.132. The van der Waals surface area contributed by atoms with Gasteiger partial charge in [-0.25, -0.2) is 9.40 Å². The average Bonchev–Trinajstić information content (AvgIpc) is 2.83. The van der Waals surface area contributed by atoms with E-state index in [9.17, 15) is 18.8 Å². The predicted molar refractivity (Wildman–Crippen MR) is 123 cm³/mol. The van der Waals surface area contributed by atoms with Crippen LogP contribution in [0.15, 0.2) is 84.0 Å². The fourth-order valence-corrected chi connectivity index (χ4v) is 3.33. The third-order valence-corrected chi connectivity index (χ3v) is 5.07. The molecule has 33 heavy (non-hydrogen) atoms. The van der Waals surface area contributed by atoms with Gasteiger partial charge in [0, 0.05) is 18.4 Å². The van der Waals surface area contributed by atoms with Gasteiger partial charge in [-0.15, -0.1) is 0 Å². The number of amides is 3. The Hall–Kier alpha value is -4.33. The number of hydrazone groups is 1. The van der Waals surface area contributed by atoms with Gasteiger partial charge in [0.25, 0.3) is 11.8 Å². The Morgan fingerprint density at radius 3 is 2.09 bits per heavy atom. The SMILES string of the molecule is O=C(Nc1ccccc1NC(=O)c1ccccc1)C1=NN(Cc2ccc(F)cc2)C(=O)CC1. The van der Waals surface area contributed by atoms with Crippen LogP contribution in [0.2, 0.25) is 0 Å². The van der Waals surface area contributed by atoms with E-state index in [0.29, 0.717) is 22.5 Å². The molecule has 0 aromatic heterocycles. The molecule has 7 nitrogen and oxygen atoms in total. The summed E-state index contributed by atoms with van der Waals surface area (Å²) in [5.74, 6) is -1.35. The standard InChI is InChI=1S/C25H21FN4O3/c26-19-12-10-17(11-13-19)16-30-23(31)15-14-22(29-30)25(33)28-21-9-5-4-8-20(21)27-24(32)18-6-2-1-3-7-18/h1-13H,14-16H2,(H,27,32)(H,28,33). The quantitative estimate of drug-likeness (QED) is 0.597. The fourth-order valence-electron chi connectivity index (χ4n) is 3.33. The molecule has 1 aliphatic heterocycles. The van der Waals surface area contributed by atoms with E-state index >= 15 is 0 Å².